The van der Waals surface area contributed by atoms with Crippen LogP contribution >= 0.6 is 0 Å². The van der Waals surface area contributed by atoms with Crippen molar-refractivity contribution in [3.63, 3.8) is 0 Å². The minimum Gasteiger partial charge on any atom is -0.399 e. The van der Waals surface area contributed by atoms with E-state index in [1.54, 1.807) is 24.8 Å². The first-order valence-corrected chi connectivity index (χ1v) is 7.29. The van der Waals surface area contributed by atoms with Crippen molar-refractivity contribution in [2.24, 2.45) is 7.05 Å². The summed E-state index contributed by atoms with van der Waals surface area (Å²) in [5, 5.41) is 4.46. The van der Waals surface area contributed by atoms with Crippen molar-refractivity contribution < 1.29 is 4.74 Å². The average Bonchev–Trinajstić information content (AvgIpc) is 2.91. The zero-order valence-electron chi connectivity index (χ0n) is 12.4. The molecule has 0 saturated heterocycles. The number of hydrogen-bond donors (Lipinski definition) is 2. The molecule has 0 radical (unpaired) electrons. The molecule has 3 rings (SSSR count). The molecule has 3 N–H and O–H groups in total. The highest BCUT2D eigenvalue weighted by Gasteiger charge is 2.27. The number of anilines is 2. The highest BCUT2D eigenvalue weighted by Crippen LogP contribution is 2.29. The highest BCUT2D eigenvalue weighted by atomic mass is 16.5. The predicted molar refractivity (Wildman–Crippen MR) is 85.7 cm³/mol. The summed E-state index contributed by atoms with van der Waals surface area (Å²) in [7, 11) is 3.52. The van der Waals surface area contributed by atoms with Crippen molar-refractivity contribution in [3.05, 3.63) is 34.6 Å². The molecule has 1 aromatic heterocycles. The topological polar surface area (TPSA) is 69.3 Å². The Morgan fingerprint density at radius 1 is 1.33 bits per heavy atom. The largest absolute Gasteiger partial charge is 0.399 e. The molecular formula is C16H21N3O2. The average molecular weight is 287 g/mol. The van der Waals surface area contributed by atoms with Gasteiger partial charge < -0.3 is 20.4 Å². The number of ether oxygens (including phenoxy) is 1. The van der Waals surface area contributed by atoms with E-state index in [1.807, 2.05) is 18.2 Å². The zero-order chi connectivity index (χ0) is 15.0. The van der Waals surface area contributed by atoms with Crippen LogP contribution in [-0.4, -0.2) is 23.8 Å². The third kappa shape index (κ3) is 2.49. The lowest BCUT2D eigenvalue weighted by Gasteiger charge is -2.22. The highest BCUT2D eigenvalue weighted by molar-refractivity contribution is 5.93. The molecule has 112 valence electrons. The second-order valence-electron chi connectivity index (χ2n) is 5.69. The lowest BCUT2D eigenvalue weighted by atomic mass is 10.1. The Kier molecular flexibility index (Phi) is 3.59. The van der Waals surface area contributed by atoms with E-state index in [-0.39, 0.29) is 17.7 Å². The van der Waals surface area contributed by atoms with Gasteiger partial charge >= 0.3 is 0 Å². The molecule has 2 aromatic rings. The van der Waals surface area contributed by atoms with E-state index in [9.17, 15) is 4.79 Å². The molecule has 0 spiro atoms. The lowest BCUT2D eigenvalue weighted by molar-refractivity contribution is 0.101. The van der Waals surface area contributed by atoms with Crippen molar-refractivity contribution in [2.75, 3.05) is 18.2 Å². The van der Waals surface area contributed by atoms with Crippen LogP contribution in [0.3, 0.4) is 0 Å². The summed E-state index contributed by atoms with van der Waals surface area (Å²) in [5.74, 6) is 0. The van der Waals surface area contributed by atoms with E-state index < -0.39 is 0 Å². The SMILES string of the molecule is CO[C@@H]1CCCC1Nc1cc(=O)n(C)c2ccc(N)cc12. The quantitative estimate of drug-likeness (QED) is 0.848. The van der Waals surface area contributed by atoms with Crippen molar-refractivity contribution in [3.8, 4) is 0 Å². The molecule has 1 saturated carbocycles. The summed E-state index contributed by atoms with van der Waals surface area (Å²) in [6, 6.07) is 7.51. The normalized spacial score (nSPS) is 21.8. The minimum atomic E-state index is -0.0262. The van der Waals surface area contributed by atoms with Gasteiger partial charge in [-0.2, -0.15) is 0 Å². The van der Waals surface area contributed by atoms with Gasteiger partial charge in [-0.25, -0.2) is 0 Å². The first-order valence-electron chi connectivity index (χ1n) is 7.29. The number of benzene rings is 1. The minimum absolute atomic E-state index is 0.0262. The molecule has 5 nitrogen and oxygen atoms in total. The fraction of sp³-hybridized carbons (Fsp3) is 0.438. The van der Waals surface area contributed by atoms with E-state index in [1.165, 1.54) is 0 Å². The molecule has 1 unspecified atom stereocenters. The number of rotatable bonds is 3. The van der Waals surface area contributed by atoms with Crippen LogP contribution in [0.15, 0.2) is 29.1 Å². The molecule has 1 aliphatic rings. The Balaban J connectivity index is 2.07. The van der Waals surface area contributed by atoms with Crippen LogP contribution in [0.2, 0.25) is 0 Å². The summed E-state index contributed by atoms with van der Waals surface area (Å²) in [6.45, 7) is 0. The van der Waals surface area contributed by atoms with Crippen LogP contribution in [-0.2, 0) is 11.8 Å². The van der Waals surface area contributed by atoms with E-state index in [0.29, 0.717) is 5.69 Å². The molecule has 2 atom stereocenters. The zero-order valence-corrected chi connectivity index (χ0v) is 12.4. The molecule has 0 amide bonds. The van der Waals surface area contributed by atoms with Crippen molar-refractivity contribution in [1.82, 2.24) is 4.57 Å². The van der Waals surface area contributed by atoms with Gasteiger partial charge in [0.1, 0.15) is 0 Å². The van der Waals surface area contributed by atoms with Crippen molar-refractivity contribution in [1.29, 1.82) is 0 Å². The number of nitrogen functional groups attached to an aromatic ring is 1. The van der Waals surface area contributed by atoms with Crippen molar-refractivity contribution >= 4 is 22.3 Å². The number of nitrogens with one attached hydrogen (secondary N) is 1. The van der Waals surface area contributed by atoms with Crippen LogP contribution in [0, 0.1) is 0 Å². The van der Waals surface area contributed by atoms with Gasteiger partial charge in [0.15, 0.2) is 0 Å². The van der Waals surface area contributed by atoms with Gasteiger partial charge in [-0.05, 0) is 37.5 Å². The molecule has 21 heavy (non-hydrogen) atoms. The van der Waals surface area contributed by atoms with E-state index in [4.69, 9.17) is 10.5 Å². The number of hydrogen-bond acceptors (Lipinski definition) is 4. The van der Waals surface area contributed by atoms with Crippen LogP contribution in [0.1, 0.15) is 19.3 Å². The second kappa shape index (κ2) is 5.41. The Labute approximate surface area is 123 Å². The van der Waals surface area contributed by atoms with Gasteiger partial charge in [-0.3, -0.25) is 4.79 Å². The maximum atomic E-state index is 12.1. The first kappa shape index (κ1) is 13.9. The van der Waals surface area contributed by atoms with E-state index in [0.717, 1.165) is 35.9 Å². The lowest BCUT2D eigenvalue weighted by Crippen LogP contribution is -2.30. The maximum absolute atomic E-state index is 12.1. The molecule has 1 heterocycles. The number of methoxy groups -OCH3 is 1. The summed E-state index contributed by atoms with van der Waals surface area (Å²) < 4.78 is 7.16. The van der Waals surface area contributed by atoms with Crippen LogP contribution in [0.25, 0.3) is 10.9 Å². The summed E-state index contributed by atoms with van der Waals surface area (Å²) >= 11 is 0. The Hall–Kier alpha value is -2.01. The molecule has 0 bridgehead atoms. The molecule has 1 fully saturated rings. The molecule has 0 aliphatic heterocycles. The van der Waals surface area contributed by atoms with E-state index >= 15 is 0 Å². The van der Waals surface area contributed by atoms with Gasteiger partial charge in [0, 0.05) is 37.0 Å². The summed E-state index contributed by atoms with van der Waals surface area (Å²) in [4.78, 5) is 12.1. The number of pyridine rings is 1. The van der Waals surface area contributed by atoms with Crippen LogP contribution < -0.4 is 16.6 Å². The fourth-order valence-electron chi connectivity index (χ4n) is 3.17. The molecule has 5 heteroatoms. The number of nitrogens with zero attached hydrogens (tertiary/aromatic N) is 1. The van der Waals surface area contributed by atoms with Crippen LogP contribution in [0.5, 0.6) is 0 Å². The molecule has 1 aliphatic carbocycles. The predicted octanol–water partition coefficient (Wildman–Crippen LogP) is 2.10. The monoisotopic (exact) mass is 287 g/mol. The number of fused-ring (bicyclic) bond motifs is 1. The standard InChI is InChI=1S/C16H21N3O2/c1-19-14-7-6-10(17)8-11(14)13(9-16(19)20)18-12-4-3-5-15(12)21-2/h6-9,12,15,18H,3-5,17H2,1-2H3/t12?,15-/m1/s1. The third-order valence-corrected chi connectivity index (χ3v) is 4.37. The van der Waals surface area contributed by atoms with Gasteiger partial charge in [0.05, 0.1) is 17.7 Å². The molecular weight excluding hydrogens is 266 g/mol. The fourth-order valence-corrected chi connectivity index (χ4v) is 3.17. The Morgan fingerprint density at radius 2 is 2.14 bits per heavy atom. The summed E-state index contributed by atoms with van der Waals surface area (Å²) in [6.07, 6.45) is 3.45. The van der Waals surface area contributed by atoms with Gasteiger partial charge in [-0.1, -0.05) is 0 Å². The van der Waals surface area contributed by atoms with E-state index in [2.05, 4.69) is 5.32 Å². The van der Waals surface area contributed by atoms with Gasteiger partial charge in [-0.15, -0.1) is 0 Å². The summed E-state index contributed by atoms with van der Waals surface area (Å²) in [5.41, 5.74) is 8.29. The first-order chi connectivity index (χ1) is 10.1. The Bertz CT molecular complexity index is 723. The number of nitrogens with two attached hydrogens (primary N) is 1. The molecule has 1 aromatic carbocycles. The smallest absolute Gasteiger partial charge is 0.252 e. The number of aryl methyl sites for hydroxylation is 1. The maximum Gasteiger partial charge on any atom is 0.252 e. The number of aromatic nitrogens is 1. The Morgan fingerprint density at radius 3 is 2.90 bits per heavy atom. The van der Waals surface area contributed by atoms with Gasteiger partial charge in [0.25, 0.3) is 5.56 Å². The second-order valence-corrected chi connectivity index (χ2v) is 5.69. The van der Waals surface area contributed by atoms with Gasteiger partial charge in [0.2, 0.25) is 0 Å². The van der Waals surface area contributed by atoms with Crippen molar-refractivity contribution in [2.45, 2.75) is 31.4 Å². The third-order valence-electron chi connectivity index (χ3n) is 4.37. The van der Waals surface area contributed by atoms with Crippen LogP contribution in [0.4, 0.5) is 11.4 Å².